The summed E-state index contributed by atoms with van der Waals surface area (Å²) in [6, 6.07) is 8.89. The predicted octanol–water partition coefficient (Wildman–Crippen LogP) is 0.733. The van der Waals surface area contributed by atoms with E-state index in [9.17, 15) is 9.59 Å². The second-order valence-corrected chi connectivity index (χ2v) is 5.69. The van der Waals surface area contributed by atoms with Gasteiger partial charge in [0.25, 0.3) is 0 Å². The molecule has 1 aromatic carbocycles. The number of rotatable bonds is 3. The first-order valence-electron chi connectivity index (χ1n) is 7.41. The maximum atomic E-state index is 12.7. The highest BCUT2D eigenvalue weighted by Crippen LogP contribution is 2.21. The van der Waals surface area contributed by atoms with Crippen LogP contribution in [0.5, 0.6) is 0 Å². The molecule has 2 saturated heterocycles. The number of hydrogen-bond donors (Lipinski definition) is 1. The van der Waals surface area contributed by atoms with Gasteiger partial charge in [-0.1, -0.05) is 30.3 Å². The van der Waals surface area contributed by atoms with Gasteiger partial charge in [0.05, 0.1) is 12.6 Å². The van der Waals surface area contributed by atoms with Crippen molar-refractivity contribution in [2.75, 3.05) is 13.2 Å². The van der Waals surface area contributed by atoms with Gasteiger partial charge in [-0.2, -0.15) is 0 Å². The van der Waals surface area contributed by atoms with E-state index in [1.165, 1.54) is 0 Å². The topological polar surface area (TPSA) is 58.6 Å². The summed E-state index contributed by atoms with van der Waals surface area (Å²) in [5.74, 6) is -0.0797. The highest BCUT2D eigenvalue weighted by atomic mass is 16.5. The summed E-state index contributed by atoms with van der Waals surface area (Å²) in [6.07, 6.45) is 1.34. The van der Waals surface area contributed by atoms with Crippen LogP contribution in [0.1, 0.15) is 18.9 Å². The molecule has 2 fully saturated rings. The molecule has 112 valence electrons. The van der Waals surface area contributed by atoms with Gasteiger partial charge in [0.15, 0.2) is 0 Å². The molecule has 1 aromatic rings. The van der Waals surface area contributed by atoms with Gasteiger partial charge in [0.1, 0.15) is 12.1 Å². The molecule has 2 aliphatic heterocycles. The van der Waals surface area contributed by atoms with E-state index in [4.69, 9.17) is 4.74 Å². The molecule has 3 atom stereocenters. The predicted molar refractivity (Wildman–Crippen MR) is 77.6 cm³/mol. The Morgan fingerprint density at radius 1 is 1.29 bits per heavy atom. The number of piperazine rings is 1. The zero-order valence-electron chi connectivity index (χ0n) is 12.1. The van der Waals surface area contributed by atoms with Crippen molar-refractivity contribution in [2.24, 2.45) is 0 Å². The summed E-state index contributed by atoms with van der Waals surface area (Å²) in [5, 5.41) is 2.85. The van der Waals surface area contributed by atoms with Crippen LogP contribution in [0.25, 0.3) is 0 Å². The number of nitrogens with zero attached hydrogens (tertiary/aromatic N) is 1. The van der Waals surface area contributed by atoms with Crippen molar-refractivity contribution in [2.45, 2.75) is 37.9 Å². The quantitative estimate of drug-likeness (QED) is 0.892. The van der Waals surface area contributed by atoms with Gasteiger partial charge < -0.3 is 15.0 Å². The molecule has 2 amide bonds. The lowest BCUT2D eigenvalue weighted by molar-refractivity contribution is -0.151. The average Bonchev–Trinajstić information content (AvgIpc) is 3.00. The molecule has 2 heterocycles. The summed E-state index contributed by atoms with van der Waals surface area (Å²) >= 11 is 0. The van der Waals surface area contributed by atoms with Gasteiger partial charge in [-0.3, -0.25) is 9.59 Å². The van der Waals surface area contributed by atoms with Gasteiger partial charge in [0.2, 0.25) is 11.8 Å². The molecule has 3 rings (SSSR count). The van der Waals surface area contributed by atoms with E-state index in [1.807, 2.05) is 30.3 Å². The highest BCUT2D eigenvalue weighted by molar-refractivity contribution is 5.97. The van der Waals surface area contributed by atoms with Crippen molar-refractivity contribution < 1.29 is 14.3 Å². The number of carbonyl (C=O) groups is 2. The van der Waals surface area contributed by atoms with E-state index in [1.54, 1.807) is 11.8 Å². The molecule has 0 bridgehead atoms. The average molecular weight is 288 g/mol. The Morgan fingerprint density at radius 2 is 2.05 bits per heavy atom. The molecule has 0 aromatic heterocycles. The minimum absolute atomic E-state index is 0.00135. The van der Waals surface area contributed by atoms with Gasteiger partial charge in [0, 0.05) is 13.0 Å². The lowest BCUT2D eigenvalue weighted by atomic mass is 9.99. The number of amides is 2. The SMILES string of the molecule is CC1C(=O)NC(Cc2ccccc2)C(=O)N1C1CCOC1. The number of ether oxygens (including phenoxy) is 1. The minimum atomic E-state index is -0.475. The smallest absolute Gasteiger partial charge is 0.246 e. The molecule has 0 radical (unpaired) electrons. The highest BCUT2D eigenvalue weighted by Gasteiger charge is 2.42. The molecule has 2 aliphatic rings. The first-order chi connectivity index (χ1) is 10.2. The van der Waals surface area contributed by atoms with E-state index < -0.39 is 12.1 Å². The third kappa shape index (κ3) is 2.78. The second kappa shape index (κ2) is 5.85. The normalized spacial score (nSPS) is 29.6. The Balaban J connectivity index is 1.78. The van der Waals surface area contributed by atoms with Crippen LogP contribution < -0.4 is 5.32 Å². The van der Waals surface area contributed by atoms with E-state index in [-0.39, 0.29) is 17.9 Å². The number of benzene rings is 1. The van der Waals surface area contributed by atoms with Crippen LogP contribution in [0.4, 0.5) is 0 Å². The van der Waals surface area contributed by atoms with Crippen LogP contribution in [0, 0.1) is 0 Å². The van der Waals surface area contributed by atoms with E-state index >= 15 is 0 Å². The van der Waals surface area contributed by atoms with E-state index in [0.717, 1.165) is 12.0 Å². The molecule has 0 saturated carbocycles. The maximum absolute atomic E-state index is 12.7. The van der Waals surface area contributed by atoms with Crippen LogP contribution in [-0.2, 0) is 20.7 Å². The Bertz CT molecular complexity index is 526. The van der Waals surface area contributed by atoms with Crippen LogP contribution in [-0.4, -0.2) is 48.1 Å². The van der Waals surface area contributed by atoms with Crippen molar-refractivity contribution in [3.8, 4) is 0 Å². The van der Waals surface area contributed by atoms with Crippen molar-refractivity contribution in [1.82, 2.24) is 10.2 Å². The van der Waals surface area contributed by atoms with Crippen molar-refractivity contribution in [3.05, 3.63) is 35.9 Å². The fourth-order valence-electron chi connectivity index (χ4n) is 3.08. The summed E-state index contributed by atoms with van der Waals surface area (Å²) in [6.45, 7) is 2.97. The Labute approximate surface area is 124 Å². The van der Waals surface area contributed by atoms with Gasteiger partial charge in [-0.25, -0.2) is 0 Å². The first kappa shape index (κ1) is 14.1. The van der Waals surface area contributed by atoms with Crippen molar-refractivity contribution >= 4 is 11.8 Å². The van der Waals surface area contributed by atoms with E-state index in [0.29, 0.717) is 19.6 Å². The Kier molecular flexibility index (Phi) is 3.92. The molecule has 5 nitrogen and oxygen atoms in total. The largest absolute Gasteiger partial charge is 0.379 e. The number of carbonyl (C=O) groups excluding carboxylic acids is 2. The number of nitrogens with one attached hydrogen (secondary N) is 1. The summed E-state index contributed by atoms with van der Waals surface area (Å²) in [4.78, 5) is 26.6. The lowest BCUT2D eigenvalue weighted by Crippen LogP contribution is -2.65. The molecule has 3 unspecified atom stereocenters. The minimum Gasteiger partial charge on any atom is -0.379 e. The van der Waals surface area contributed by atoms with Gasteiger partial charge in [-0.05, 0) is 18.9 Å². The van der Waals surface area contributed by atoms with Gasteiger partial charge in [-0.15, -0.1) is 0 Å². The summed E-state index contributed by atoms with van der Waals surface area (Å²) in [7, 11) is 0. The van der Waals surface area contributed by atoms with Crippen LogP contribution in [0.3, 0.4) is 0 Å². The number of hydrogen-bond acceptors (Lipinski definition) is 3. The third-order valence-electron chi connectivity index (χ3n) is 4.25. The third-order valence-corrected chi connectivity index (χ3v) is 4.25. The molecule has 0 aliphatic carbocycles. The zero-order valence-corrected chi connectivity index (χ0v) is 12.1. The summed E-state index contributed by atoms with van der Waals surface area (Å²) in [5.41, 5.74) is 1.05. The van der Waals surface area contributed by atoms with Gasteiger partial charge >= 0.3 is 0 Å². The Hall–Kier alpha value is -1.88. The maximum Gasteiger partial charge on any atom is 0.246 e. The van der Waals surface area contributed by atoms with Crippen molar-refractivity contribution in [3.63, 3.8) is 0 Å². The van der Waals surface area contributed by atoms with Crippen LogP contribution in [0.15, 0.2) is 30.3 Å². The fraction of sp³-hybridized carbons (Fsp3) is 0.500. The van der Waals surface area contributed by atoms with Crippen LogP contribution >= 0.6 is 0 Å². The molecule has 0 spiro atoms. The van der Waals surface area contributed by atoms with Crippen molar-refractivity contribution in [1.29, 1.82) is 0 Å². The molecule has 5 heteroatoms. The fourth-order valence-corrected chi connectivity index (χ4v) is 3.08. The lowest BCUT2D eigenvalue weighted by Gasteiger charge is -2.40. The molecule has 21 heavy (non-hydrogen) atoms. The Morgan fingerprint density at radius 3 is 2.71 bits per heavy atom. The van der Waals surface area contributed by atoms with E-state index in [2.05, 4.69) is 5.32 Å². The molecule has 1 N–H and O–H groups in total. The van der Waals surface area contributed by atoms with Crippen LogP contribution in [0.2, 0.25) is 0 Å². The first-order valence-corrected chi connectivity index (χ1v) is 7.41. The molecular formula is C16H20N2O3. The second-order valence-electron chi connectivity index (χ2n) is 5.69. The summed E-state index contributed by atoms with van der Waals surface area (Å²) < 4.78 is 5.37. The standard InChI is InChI=1S/C16H20N2O3/c1-11-15(19)17-14(9-12-5-3-2-4-6-12)16(20)18(11)13-7-8-21-10-13/h2-6,11,13-14H,7-10H2,1H3,(H,17,19). The molecular weight excluding hydrogens is 268 g/mol. The monoisotopic (exact) mass is 288 g/mol. The zero-order chi connectivity index (χ0) is 14.8.